The van der Waals surface area contributed by atoms with Crippen molar-refractivity contribution >= 4 is 12.0 Å². The number of likely N-dealkylation sites (tertiary alicyclic amines) is 1. The molecule has 1 aliphatic heterocycles. The molecule has 1 fully saturated rings. The lowest BCUT2D eigenvalue weighted by atomic mass is 9.79. The lowest BCUT2D eigenvalue weighted by Crippen LogP contribution is -2.48. The van der Waals surface area contributed by atoms with Crippen LogP contribution in [-0.4, -0.2) is 41.6 Å². The molecule has 0 aromatic rings. The first-order chi connectivity index (χ1) is 7.29. The lowest BCUT2D eigenvalue weighted by molar-refractivity contribution is -0.126. The third-order valence-corrected chi connectivity index (χ3v) is 3.11. The Morgan fingerprint density at radius 1 is 1.38 bits per heavy atom. The van der Waals surface area contributed by atoms with Crippen LogP contribution in [-0.2, 0) is 4.79 Å². The summed E-state index contributed by atoms with van der Waals surface area (Å²) in [5, 5.41) is 11.7. The van der Waals surface area contributed by atoms with Crippen LogP contribution in [0.25, 0.3) is 0 Å². The third kappa shape index (κ3) is 2.28. The number of carbonyl (C=O) groups excluding carboxylic acids is 1. The molecule has 0 saturated carbocycles. The van der Waals surface area contributed by atoms with Crippen LogP contribution < -0.4 is 5.32 Å². The van der Waals surface area contributed by atoms with E-state index in [1.54, 1.807) is 7.05 Å². The summed E-state index contributed by atoms with van der Waals surface area (Å²) in [6.07, 6.45) is -0.334. The molecule has 1 saturated heterocycles. The van der Waals surface area contributed by atoms with E-state index < -0.39 is 6.09 Å². The van der Waals surface area contributed by atoms with Crippen molar-refractivity contribution in [3.05, 3.63) is 0 Å². The molecule has 0 aromatic heterocycles. The molecule has 5 heteroatoms. The summed E-state index contributed by atoms with van der Waals surface area (Å²) in [5.74, 6) is -0.301. The van der Waals surface area contributed by atoms with Crippen molar-refractivity contribution in [3.8, 4) is 0 Å². The van der Waals surface area contributed by atoms with Gasteiger partial charge in [0.15, 0.2) is 0 Å². The number of carbonyl (C=O) groups is 2. The Bertz CT molecular complexity index is 296. The number of nitrogens with zero attached hydrogens (tertiary/aromatic N) is 1. The highest BCUT2D eigenvalue weighted by molar-refractivity contribution is 5.81. The average Bonchev–Trinajstić information content (AvgIpc) is 2.59. The van der Waals surface area contributed by atoms with Gasteiger partial charge in [-0.3, -0.25) is 4.79 Å². The van der Waals surface area contributed by atoms with E-state index in [4.69, 9.17) is 5.11 Å². The Hall–Kier alpha value is -1.26. The van der Waals surface area contributed by atoms with Crippen molar-refractivity contribution in [1.29, 1.82) is 0 Å². The van der Waals surface area contributed by atoms with Gasteiger partial charge in [0.1, 0.15) is 0 Å². The van der Waals surface area contributed by atoms with Crippen molar-refractivity contribution in [1.82, 2.24) is 10.2 Å². The van der Waals surface area contributed by atoms with Crippen LogP contribution in [0.15, 0.2) is 0 Å². The van der Waals surface area contributed by atoms with Crippen LogP contribution >= 0.6 is 0 Å². The molecule has 0 spiro atoms. The molecular weight excluding hydrogens is 208 g/mol. The number of hydrogen-bond donors (Lipinski definition) is 2. The molecule has 1 heterocycles. The van der Waals surface area contributed by atoms with Gasteiger partial charge in [0.05, 0.1) is 12.0 Å². The Balaban J connectivity index is 2.97. The number of carboxylic acid groups (broad SMARTS) is 1. The molecule has 2 N–H and O–H groups in total. The molecule has 0 aromatic carbocycles. The normalized spacial score (nSPS) is 25.6. The van der Waals surface area contributed by atoms with Gasteiger partial charge in [0, 0.05) is 13.6 Å². The molecule has 2 amide bonds. The maximum Gasteiger partial charge on any atom is 0.407 e. The predicted octanol–water partition coefficient (Wildman–Crippen LogP) is 1.15. The second-order valence-corrected chi connectivity index (χ2v) is 5.30. The molecule has 16 heavy (non-hydrogen) atoms. The zero-order chi connectivity index (χ0) is 12.5. The second kappa shape index (κ2) is 4.31. The number of hydrogen-bond acceptors (Lipinski definition) is 2. The van der Waals surface area contributed by atoms with E-state index in [0.717, 1.165) is 0 Å². The summed E-state index contributed by atoms with van der Waals surface area (Å²) in [6.45, 7) is 6.34. The molecule has 0 aliphatic carbocycles. The van der Waals surface area contributed by atoms with Crippen LogP contribution in [0, 0.1) is 11.3 Å². The molecule has 5 nitrogen and oxygen atoms in total. The van der Waals surface area contributed by atoms with Crippen molar-refractivity contribution in [2.24, 2.45) is 11.3 Å². The Labute approximate surface area is 95.8 Å². The Kier molecular flexibility index (Phi) is 3.45. The van der Waals surface area contributed by atoms with Crippen molar-refractivity contribution in [2.45, 2.75) is 33.2 Å². The standard InChI is InChI=1S/C11H20N2O3/c1-11(2,3)8-7(9(14)12-4)5-6-13(8)10(15)16/h7-8H,5-6H2,1-4H3,(H,12,14)(H,15,16)/t7?,8-/m1/s1. The molecule has 0 radical (unpaired) electrons. The highest BCUT2D eigenvalue weighted by atomic mass is 16.4. The average molecular weight is 228 g/mol. The molecule has 92 valence electrons. The molecular formula is C11H20N2O3. The van der Waals surface area contributed by atoms with E-state index in [1.807, 2.05) is 20.8 Å². The smallest absolute Gasteiger partial charge is 0.407 e. The highest BCUT2D eigenvalue weighted by Crippen LogP contribution is 2.37. The summed E-state index contributed by atoms with van der Waals surface area (Å²) in [7, 11) is 1.59. The minimum absolute atomic E-state index is 0.0660. The summed E-state index contributed by atoms with van der Waals surface area (Å²) in [6, 6.07) is -0.245. The molecule has 2 atom stereocenters. The monoisotopic (exact) mass is 228 g/mol. The third-order valence-electron chi connectivity index (χ3n) is 3.11. The predicted molar refractivity (Wildman–Crippen MR) is 60.1 cm³/mol. The summed E-state index contributed by atoms with van der Waals surface area (Å²) in [5.41, 5.74) is -0.230. The Morgan fingerprint density at radius 3 is 2.31 bits per heavy atom. The first-order valence-electron chi connectivity index (χ1n) is 5.50. The number of amides is 2. The maximum absolute atomic E-state index is 11.7. The van der Waals surface area contributed by atoms with Crippen molar-refractivity contribution in [2.75, 3.05) is 13.6 Å². The molecule has 1 aliphatic rings. The fourth-order valence-corrected chi connectivity index (χ4v) is 2.54. The second-order valence-electron chi connectivity index (χ2n) is 5.30. The van der Waals surface area contributed by atoms with Crippen molar-refractivity contribution < 1.29 is 14.7 Å². The van der Waals surface area contributed by atoms with E-state index in [2.05, 4.69) is 5.32 Å². The fourth-order valence-electron chi connectivity index (χ4n) is 2.54. The van der Waals surface area contributed by atoms with Crippen LogP contribution in [0.2, 0.25) is 0 Å². The molecule has 0 bridgehead atoms. The minimum atomic E-state index is -0.939. The molecule has 1 rings (SSSR count). The first-order valence-corrected chi connectivity index (χ1v) is 5.50. The van der Waals surface area contributed by atoms with Gasteiger partial charge in [-0.2, -0.15) is 0 Å². The number of nitrogens with one attached hydrogen (secondary N) is 1. The fraction of sp³-hybridized carbons (Fsp3) is 0.818. The topological polar surface area (TPSA) is 69.6 Å². The maximum atomic E-state index is 11.7. The van der Waals surface area contributed by atoms with Crippen LogP contribution in [0.4, 0.5) is 4.79 Å². The first kappa shape index (κ1) is 12.8. The zero-order valence-electron chi connectivity index (χ0n) is 10.3. The van der Waals surface area contributed by atoms with E-state index in [9.17, 15) is 9.59 Å². The van der Waals surface area contributed by atoms with Crippen LogP contribution in [0.1, 0.15) is 27.2 Å². The minimum Gasteiger partial charge on any atom is -0.465 e. The largest absolute Gasteiger partial charge is 0.465 e. The van der Waals surface area contributed by atoms with Gasteiger partial charge in [-0.05, 0) is 11.8 Å². The van der Waals surface area contributed by atoms with Gasteiger partial charge in [-0.1, -0.05) is 20.8 Å². The van der Waals surface area contributed by atoms with Gasteiger partial charge >= 0.3 is 6.09 Å². The highest BCUT2D eigenvalue weighted by Gasteiger charge is 2.46. The van der Waals surface area contributed by atoms with Gasteiger partial charge in [-0.15, -0.1) is 0 Å². The number of rotatable bonds is 1. The summed E-state index contributed by atoms with van der Waals surface area (Å²) < 4.78 is 0. The van der Waals surface area contributed by atoms with Gasteiger partial charge < -0.3 is 15.3 Å². The quantitative estimate of drug-likeness (QED) is 0.707. The summed E-state index contributed by atoms with van der Waals surface area (Å²) >= 11 is 0. The Morgan fingerprint density at radius 2 is 1.94 bits per heavy atom. The van der Waals surface area contributed by atoms with Crippen LogP contribution in [0.5, 0.6) is 0 Å². The van der Waals surface area contributed by atoms with E-state index in [1.165, 1.54) is 4.90 Å². The van der Waals surface area contributed by atoms with Crippen LogP contribution in [0.3, 0.4) is 0 Å². The zero-order valence-corrected chi connectivity index (χ0v) is 10.3. The van der Waals surface area contributed by atoms with Crippen molar-refractivity contribution in [3.63, 3.8) is 0 Å². The van der Waals surface area contributed by atoms with Gasteiger partial charge in [0.25, 0.3) is 0 Å². The lowest BCUT2D eigenvalue weighted by Gasteiger charge is -2.36. The SMILES string of the molecule is CNC(=O)C1CCN(C(=O)O)[C@H]1C(C)(C)C. The van der Waals surface area contributed by atoms with E-state index in [0.29, 0.717) is 13.0 Å². The van der Waals surface area contributed by atoms with Gasteiger partial charge in [-0.25, -0.2) is 4.79 Å². The van der Waals surface area contributed by atoms with Gasteiger partial charge in [0.2, 0.25) is 5.91 Å². The summed E-state index contributed by atoms with van der Waals surface area (Å²) in [4.78, 5) is 24.2. The molecule has 1 unspecified atom stereocenters. The van der Waals surface area contributed by atoms with E-state index >= 15 is 0 Å². The van der Waals surface area contributed by atoms with E-state index in [-0.39, 0.29) is 23.3 Å².